The van der Waals surface area contributed by atoms with Crippen molar-refractivity contribution >= 4 is 22.1 Å². The molecule has 0 rings (SSSR count). The van der Waals surface area contributed by atoms with Crippen LogP contribution in [0, 0.1) is 11.3 Å². The van der Waals surface area contributed by atoms with Crippen LogP contribution in [0.1, 0.15) is 6.42 Å². The number of hydrogen-bond acceptors (Lipinski definition) is 8. The molecule has 0 aromatic rings. The highest BCUT2D eigenvalue weighted by Gasteiger charge is 2.03. The average molecular weight is 367 g/mol. The molecule has 0 radical (unpaired) electrons. The van der Waals surface area contributed by atoms with Crippen molar-refractivity contribution in [3.8, 4) is 6.07 Å². The molecule has 0 fully saturated rings. The van der Waals surface area contributed by atoms with Crippen molar-refractivity contribution < 1.29 is 32.4 Å². The number of rotatable bonds is 7. The van der Waals surface area contributed by atoms with Crippen molar-refractivity contribution in [1.29, 1.82) is 5.26 Å². The molecule has 5 N–H and O–H groups in total. The van der Waals surface area contributed by atoms with Crippen LogP contribution in [0.2, 0.25) is 0 Å². The fourth-order valence-electron chi connectivity index (χ4n) is 0.596. The third-order valence-electron chi connectivity index (χ3n) is 1.61. The largest absolute Gasteiger partial charge is 0.481 e. The Bertz CT molecular complexity index is 510. The third-order valence-corrected chi connectivity index (χ3v) is 2.31. The smallest absolute Gasteiger partial charge is 0.330 e. The van der Waals surface area contributed by atoms with Gasteiger partial charge in [0.1, 0.15) is 6.61 Å². The highest BCUT2D eigenvalue weighted by Crippen LogP contribution is 1.84. The Morgan fingerprint density at radius 3 is 2.00 bits per heavy atom. The number of carboxylic acid groups (broad SMARTS) is 1. The lowest BCUT2D eigenvalue weighted by molar-refractivity contribution is -0.142. The molecule has 0 aliphatic heterocycles. The van der Waals surface area contributed by atoms with Crippen LogP contribution in [0.5, 0.6) is 0 Å². The first-order chi connectivity index (χ1) is 10.5. The molecule has 11 heteroatoms. The fraction of sp³-hybridized carbons (Fsp3) is 0.462. The number of aliphatic carboxylic acids is 1. The van der Waals surface area contributed by atoms with E-state index in [4.69, 9.17) is 14.9 Å². The normalized spacial score (nSPS) is 8.79. The van der Waals surface area contributed by atoms with Crippen LogP contribution < -0.4 is 6.15 Å². The summed E-state index contributed by atoms with van der Waals surface area (Å²) >= 11 is 0. The first-order valence-electron chi connectivity index (χ1n) is 6.11. The maximum absolute atomic E-state index is 10.3. The van der Waals surface area contributed by atoms with Crippen molar-refractivity contribution in [2.75, 3.05) is 33.0 Å². The van der Waals surface area contributed by atoms with Gasteiger partial charge in [-0.1, -0.05) is 13.2 Å². The molecule has 0 atom stereocenters. The molecular formula is C13H25N3O7S. The lowest BCUT2D eigenvalue weighted by Gasteiger charge is -2.05. The molecule has 0 aromatic heterocycles. The third kappa shape index (κ3) is 42.7. The summed E-state index contributed by atoms with van der Waals surface area (Å²) in [5, 5.41) is 15.6. The number of hydrogen-bond donors (Lipinski definition) is 3. The summed E-state index contributed by atoms with van der Waals surface area (Å²) < 4.78 is 32.7. The summed E-state index contributed by atoms with van der Waals surface area (Å²) in [5.74, 6) is -1.78. The summed E-state index contributed by atoms with van der Waals surface area (Å²) in [5.41, 5.74) is 0. The number of ether oxygens (including phenoxy) is 1. The molecule has 0 heterocycles. The van der Waals surface area contributed by atoms with Crippen LogP contribution in [0.4, 0.5) is 0 Å². The van der Waals surface area contributed by atoms with Gasteiger partial charge in [0.15, 0.2) is 0 Å². The Morgan fingerprint density at radius 2 is 1.79 bits per heavy atom. The molecule has 0 aliphatic rings. The van der Waals surface area contributed by atoms with Gasteiger partial charge in [0, 0.05) is 18.7 Å². The zero-order valence-corrected chi connectivity index (χ0v) is 14.7. The minimum Gasteiger partial charge on any atom is -0.481 e. The number of carbonyl (C=O) groups is 2. The van der Waals surface area contributed by atoms with Crippen LogP contribution >= 0.6 is 0 Å². The average Bonchev–Trinajstić information content (AvgIpc) is 2.44. The van der Waals surface area contributed by atoms with Crippen LogP contribution in [0.3, 0.4) is 0 Å². The van der Waals surface area contributed by atoms with Crippen molar-refractivity contribution in [2.24, 2.45) is 0 Å². The van der Waals surface area contributed by atoms with Gasteiger partial charge in [0.25, 0.3) is 10.1 Å². The maximum Gasteiger partial charge on any atom is 0.330 e. The van der Waals surface area contributed by atoms with E-state index in [1.807, 2.05) is 0 Å². The lowest BCUT2D eigenvalue weighted by atomic mass is 10.5. The summed E-state index contributed by atoms with van der Waals surface area (Å²) in [7, 11) is -0.278. The van der Waals surface area contributed by atoms with Gasteiger partial charge >= 0.3 is 11.9 Å². The van der Waals surface area contributed by atoms with Crippen LogP contribution in [0.15, 0.2) is 25.3 Å². The molecule has 0 aliphatic carbocycles. The summed E-state index contributed by atoms with van der Waals surface area (Å²) in [6, 6.07) is 1.69. The molecule has 0 saturated heterocycles. The van der Waals surface area contributed by atoms with E-state index < -0.39 is 22.1 Å². The molecule has 0 amide bonds. The number of allylic oxidation sites excluding steroid dienone is 1. The van der Waals surface area contributed by atoms with Gasteiger partial charge in [0.05, 0.1) is 18.2 Å². The van der Waals surface area contributed by atoms with Gasteiger partial charge in [-0.05, 0) is 14.1 Å². The molecule has 0 unspecified atom stereocenters. The van der Waals surface area contributed by atoms with Gasteiger partial charge in [-0.3, -0.25) is 9.35 Å². The minimum atomic E-state index is -3.76. The van der Waals surface area contributed by atoms with Gasteiger partial charge in [-0.2, -0.15) is 13.7 Å². The predicted molar refractivity (Wildman–Crippen MR) is 89.2 cm³/mol. The molecular weight excluding hydrogens is 342 g/mol. The summed E-state index contributed by atoms with van der Waals surface area (Å²) in [6.45, 7) is 6.52. The standard InChI is InChI=1S/C6H8O4.C4H11NO3S.C3H3N.H3N/c1-2-6(9)10-4-3-5(7)8;1-5(2)3-4-9(6,7)8;1-2-3-4;/h2H,1,3-4H2,(H,7,8);3-4H2,1-2H3,(H,6,7,8);2H,1H2;1H3. The predicted octanol–water partition coefficient (Wildman–Crippen LogP) is 0.484. The highest BCUT2D eigenvalue weighted by molar-refractivity contribution is 7.85. The van der Waals surface area contributed by atoms with Crippen LogP contribution in [0.25, 0.3) is 0 Å². The monoisotopic (exact) mass is 367 g/mol. The van der Waals surface area contributed by atoms with Gasteiger partial charge < -0.3 is 20.9 Å². The second kappa shape index (κ2) is 18.8. The topological polar surface area (TPSA) is 180 Å². The quantitative estimate of drug-likeness (QED) is 0.248. The van der Waals surface area contributed by atoms with E-state index in [0.717, 1.165) is 6.08 Å². The van der Waals surface area contributed by atoms with Gasteiger partial charge in [-0.25, -0.2) is 4.79 Å². The molecule has 0 spiro atoms. The zero-order valence-electron chi connectivity index (χ0n) is 13.8. The highest BCUT2D eigenvalue weighted by atomic mass is 32.2. The van der Waals surface area contributed by atoms with Gasteiger partial charge in [-0.15, -0.1) is 0 Å². The molecule has 0 saturated carbocycles. The van der Waals surface area contributed by atoms with E-state index in [9.17, 15) is 18.0 Å². The first-order valence-corrected chi connectivity index (χ1v) is 7.72. The molecule has 24 heavy (non-hydrogen) atoms. The Hall–Kier alpha value is -2.26. The van der Waals surface area contributed by atoms with Crippen molar-refractivity contribution in [3.05, 3.63) is 25.3 Å². The minimum absolute atomic E-state index is 0. The second-order valence-electron chi connectivity index (χ2n) is 3.94. The zero-order chi connectivity index (χ0) is 18.9. The van der Waals surface area contributed by atoms with E-state index in [1.54, 1.807) is 25.1 Å². The molecule has 10 nitrogen and oxygen atoms in total. The number of carboxylic acids is 1. The number of nitrogens with zero attached hydrogens (tertiary/aromatic N) is 2. The number of esters is 1. The van der Waals surface area contributed by atoms with Crippen molar-refractivity contribution in [2.45, 2.75) is 6.42 Å². The summed E-state index contributed by atoms with van der Waals surface area (Å²) in [4.78, 5) is 21.8. The summed E-state index contributed by atoms with van der Waals surface area (Å²) in [6.07, 6.45) is 2.00. The first kappa shape index (κ1) is 29.7. The molecule has 0 bridgehead atoms. The van der Waals surface area contributed by atoms with Crippen LogP contribution in [-0.2, 0) is 24.4 Å². The van der Waals surface area contributed by atoms with Crippen molar-refractivity contribution in [1.82, 2.24) is 11.1 Å². The van der Waals surface area contributed by atoms with E-state index >= 15 is 0 Å². The van der Waals surface area contributed by atoms with Crippen LogP contribution in [-0.4, -0.2) is 67.9 Å². The van der Waals surface area contributed by atoms with E-state index in [2.05, 4.69) is 17.9 Å². The molecule has 140 valence electrons. The number of nitriles is 1. The maximum atomic E-state index is 10.3. The lowest BCUT2D eigenvalue weighted by Crippen LogP contribution is -2.21. The Balaban J connectivity index is -0.000000133. The fourth-order valence-corrected chi connectivity index (χ4v) is 1.19. The van der Waals surface area contributed by atoms with E-state index in [0.29, 0.717) is 6.54 Å². The Morgan fingerprint density at radius 1 is 1.33 bits per heavy atom. The van der Waals surface area contributed by atoms with E-state index in [1.165, 1.54) is 6.08 Å². The Labute approximate surface area is 142 Å². The van der Waals surface area contributed by atoms with Gasteiger partial charge in [0.2, 0.25) is 0 Å². The molecule has 0 aromatic carbocycles. The van der Waals surface area contributed by atoms with E-state index in [-0.39, 0.29) is 24.9 Å². The SMILES string of the molecule is C=CC#N.C=CC(=O)OCCC(=O)O.CN(C)CCS(=O)(=O)O.N. The number of carbonyl (C=O) groups excluding carboxylic acids is 1. The van der Waals surface area contributed by atoms with Crippen molar-refractivity contribution in [3.63, 3.8) is 0 Å². The Kier molecular flexibility index (Phi) is 23.3. The second-order valence-corrected chi connectivity index (χ2v) is 5.51.